The predicted molar refractivity (Wildman–Crippen MR) is 80.3 cm³/mol. The van der Waals surface area contributed by atoms with E-state index in [1.807, 2.05) is 24.3 Å². The van der Waals surface area contributed by atoms with E-state index in [1.165, 1.54) is 0 Å². The van der Waals surface area contributed by atoms with Gasteiger partial charge in [-0.3, -0.25) is 9.59 Å². The van der Waals surface area contributed by atoms with Crippen molar-refractivity contribution in [3.63, 3.8) is 0 Å². The predicted octanol–water partition coefficient (Wildman–Crippen LogP) is 2.11. The van der Waals surface area contributed by atoms with Crippen LogP contribution in [0.3, 0.4) is 0 Å². The van der Waals surface area contributed by atoms with Crippen molar-refractivity contribution in [2.75, 3.05) is 5.32 Å². The second-order valence-corrected chi connectivity index (χ2v) is 6.42. The van der Waals surface area contributed by atoms with Crippen molar-refractivity contribution in [2.45, 2.75) is 25.0 Å². The van der Waals surface area contributed by atoms with E-state index in [9.17, 15) is 14.7 Å². The van der Waals surface area contributed by atoms with E-state index in [1.54, 1.807) is 0 Å². The number of nitrogens with one attached hydrogen (secondary N) is 1. The molecular weight excluding hydrogens is 373 g/mol. The summed E-state index contributed by atoms with van der Waals surface area (Å²) < 4.78 is 6.67. The Hall–Kier alpha value is -1.15. The van der Waals surface area contributed by atoms with Crippen molar-refractivity contribution >= 4 is 40.2 Å². The highest BCUT2D eigenvalue weighted by molar-refractivity contribution is 14.1. The number of carboxylic acids is 1. The molecular formula is C14H14INO4. The van der Waals surface area contributed by atoms with Crippen molar-refractivity contribution in [3.05, 3.63) is 27.8 Å². The zero-order valence-electron chi connectivity index (χ0n) is 10.6. The summed E-state index contributed by atoms with van der Waals surface area (Å²) in [6.07, 6.45) is 0.920. The maximum atomic E-state index is 12.3. The first-order chi connectivity index (χ1) is 9.56. The van der Waals surface area contributed by atoms with Crippen LogP contribution in [-0.2, 0) is 14.3 Å². The number of amides is 1. The Morgan fingerprint density at radius 1 is 1.15 bits per heavy atom. The number of anilines is 1. The molecule has 2 bridgehead atoms. The largest absolute Gasteiger partial charge is 0.481 e. The highest BCUT2D eigenvalue weighted by Gasteiger charge is 2.55. The number of hydrogen-bond acceptors (Lipinski definition) is 3. The summed E-state index contributed by atoms with van der Waals surface area (Å²) in [5, 5.41) is 12.1. The molecule has 4 unspecified atom stereocenters. The van der Waals surface area contributed by atoms with Crippen LogP contribution in [0.5, 0.6) is 0 Å². The molecule has 4 atom stereocenters. The quantitative estimate of drug-likeness (QED) is 0.780. The van der Waals surface area contributed by atoms with Gasteiger partial charge >= 0.3 is 5.97 Å². The third-order valence-electron chi connectivity index (χ3n) is 3.97. The zero-order chi connectivity index (χ0) is 14.3. The van der Waals surface area contributed by atoms with Crippen LogP contribution in [0.2, 0.25) is 0 Å². The lowest BCUT2D eigenvalue weighted by Gasteiger charge is -2.23. The molecule has 6 heteroatoms. The van der Waals surface area contributed by atoms with Gasteiger partial charge in [-0.15, -0.1) is 0 Å². The van der Waals surface area contributed by atoms with Crippen molar-refractivity contribution in [2.24, 2.45) is 11.8 Å². The van der Waals surface area contributed by atoms with Crippen LogP contribution in [0.4, 0.5) is 5.69 Å². The highest BCUT2D eigenvalue weighted by atomic mass is 127. The number of fused-ring (bicyclic) bond motifs is 2. The van der Waals surface area contributed by atoms with Crippen LogP contribution in [0.25, 0.3) is 0 Å². The summed E-state index contributed by atoms with van der Waals surface area (Å²) in [4.78, 5) is 23.7. The number of aliphatic carboxylic acids is 1. The van der Waals surface area contributed by atoms with E-state index in [2.05, 4.69) is 27.9 Å². The van der Waals surface area contributed by atoms with Crippen LogP contribution in [-0.4, -0.2) is 29.2 Å². The molecule has 0 radical (unpaired) electrons. The minimum Gasteiger partial charge on any atom is -0.481 e. The van der Waals surface area contributed by atoms with E-state index in [0.29, 0.717) is 5.69 Å². The summed E-state index contributed by atoms with van der Waals surface area (Å²) in [5.74, 6) is -2.52. The van der Waals surface area contributed by atoms with E-state index in [-0.39, 0.29) is 18.1 Å². The van der Waals surface area contributed by atoms with Gasteiger partial charge < -0.3 is 15.2 Å². The molecule has 0 saturated carbocycles. The lowest BCUT2D eigenvalue weighted by Crippen LogP contribution is -2.40. The number of halogens is 1. The van der Waals surface area contributed by atoms with Gasteiger partial charge in [-0.05, 0) is 59.7 Å². The Bertz CT molecular complexity index is 545. The number of rotatable bonds is 3. The molecule has 2 fully saturated rings. The topological polar surface area (TPSA) is 75.6 Å². The first kappa shape index (κ1) is 13.8. The Kier molecular flexibility index (Phi) is 3.68. The third-order valence-corrected chi connectivity index (χ3v) is 4.69. The Morgan fingerprint density at radius 3 is 2.35 bits per heavy atom. The average molecular weight is 387 g/mol. The second kappa shape index (κ2) is 5.33. The van der Waals surface area contributed by atoms with E-state index >= 15 is 0 Å². The Labute approximate surface area is 129 Å². The molecule has 1 aromatic rings. The highest BCUT2D eigenvalue weighted by Crippen LogP contribution is 2.44. The van der Waals surface area contributed by atoms with Crippen molar-refractivity contribution in [1.82, 2.24) is 0 Å². The van der Waals surface area contributed by atoms with E-state index in [0.717, 1.165) is 16.4 Å². The van der Waals surface area contributed by atoms with Gasteiger partial charge in [-0.2, -0.15) is 0 Å². The molecule has 5 nitrogen and oxygen atoms in total. The summed E-state index contributed by atoms with van der Waals surface area (Å²) in [7, 11) is 0. The molecule has 1 aromatic carbocycles. The Balaban J connectivity index is 1.76. The van der Waals surface area contributed by atoms with Crippen LogP contribution in [0.15, 0.2) is 24.3 Å². The number of benzene rings is 1. The third kappa shape index (κ3) is 2.42. The van der Waals surface area contributed by atoms with Gasteiger partial charge in [0.25, 0.3) is 0 Å². The van der Waals surface area contributed by atoms with Crippen LogP contribution in [0.1, 0.15) is 12.8 Å². The first-order valence-corrected chi connectivity index (χ1v) is 7.59. The average Bonchev–Trinajstić information content (AvgIpc) is 3.01. The molecule has 0 aromatic heterocycles. The molecule has 0 aliphatic carbocycles. The summed E-state index contributed by atoms with van der Waals surface area (Å²) in [6.45, 7) is 0. The number of hydrogen-bond donors (Lipinski definition) is 2. The normalized spacial score (nSPS) is 31.2. The van der Waals surface area contributed by atoms with Crippen LogP contribution < -0.4 is 5.32 Å². The lowest BCUT2D eigenvalue weighted by molar-refractivity contribution is -0.147. The first-order valence-electron chi connectivity index (χ1n) is 6.51. The molecule has 3 rings (SSSR count). The van der Waals surface area contributed by atoms with Crippen LogP contribution in [0, 0.1) is 15.4 Å². The molecule has 2 N–H and O–H groups in total. The maximum absolute atomic E-state index is 12.3. The van der Waals surface area contributed by atoms with E-state index in [4.69, 9.17) is 4.74 Å². The molecule has 2 heterocycles. The minimum atomic E-state index is -0.944. The molecule has 106 valence electrons. The fraction of sp³-hybridized carbons (Fsp3) is 0.429. The molecule has 20 heavy (non-hydrogen) atoms. The lowest BCUT2D eigenvalue weighted by atomic mass is 9.78. The van der Waals surface area contributed by atoms with Gasteiger partial charge in [0, 0.05) is 9.26 Å². The number of carboxylic acid groups (broad SMARTS) is 1. The number of carbonyl (C=O) groups excluding carboxylic acids is 1. The zero-order valence-corrected chi connectivity index (χ0v) is 12.7. The van der Waals surface area contributed by atoms with Gasteiger partial charge in [-0.25, -0.2) is 0 Å². The second-order valence-electron chi connectivity index (χ2n) is 5.18. The van der Waals surface area contributed by atoms with Gasteiger partial charge in [0.2, 0.25) is 5.91 Å². The Morgan fingerprint density at radius 2 is 1.75 bits per heavy atom. The van der Waals surface area contributed by atoms with Gasteiger partial charge in [-0.1, -0.05) is 0 Å². The standard InChI is InChI=1S/C14H14INO4/c15-7-1-3-8(4-2-7)16-13(17)11-9-5-6-10(20-9)12(11)14(18)19/h1-4,9-12H,5-6H2,(H,16,17)(H,18,19). The fourth-order valence-electron chi connectivity index (χ4n) is 3.08. The van der Waals surface area contributed by atoms with Gasteiger partial charge in [0.15, 0.2) is 0 Å². The summed E-state index contributed by atoms with van der Waals surface area (Å²) in [5.41, 5.74) is 0.683. The molecule has 2 aliphatic heterocycles. The van der Waals surface area contributed by atoms with Crippen LogP contribution >= 0.6 is 22.6 Å². The smallest absolute Gasteiger partial charge is 0.310 e. The SMILES string of the molecule is O=C(O)C1C2CCC(O2)C1C(=O)Nc1ccc(I)cc1. The number of ether oxygens (including phenoxy) is 1. The molecule has 0 spiro atoms. The van der Waals surface area contributed by atoms with Gasteiger partial charge in [0.1, 0.15) is 0 Å². The van der Waals surface area contributed by atoms with Gasteiger partial charge in [0.05, 0.1) is 24.0 Å². The fourth-order valence-corrected chi connectivity index (χ4v) is 3.44. The summed E-state index contributed by atoms with van der Waals surface area (Å²) in [6, 6.07) is 7.40. The maximum Gasteiger partial charge on any atom is 0.310 e. The molecule has 2 saturated heterocycles. The van der Waals surface area contributed by atoms with Crippen molar-refractivity contribution < 1.29 is 19.4 Å². The van der Waals surface area contributed by atoms with Crippen molar-refractivity contribution in [1.29, 1.82) is 0 Å². The minimum absolute atomic E-state index is 0.259. The van der Waals surface area contributed by atoms with Crippen molar-refractivity contribution in [3.8, 4) is 0 Å². The monoisotopic (exact) mass is 387 g/mol. The molecule has 2 aliphatic rings. The summed E-state index contributed by atoms with van der Waals surface area (Å²) >= 11 is 2.18. The molecule has 1 amide bonds. The number of carbonyl (C=O) groups is 2. The van der Waals surface area contributed by atoms with E-state index < -0.39 is 17.8 Å².